The van der Waals surface area contributed by atoms with Crippen molar-refractivity contribution < 1.29 is 5.11 Å². The first-order valence-corrected chi connectivity index (χ1v) is 7.18. The smallest absolute Gasteiger partial charge is 0.223 e. The van der Waals surface area contributed by atoms with Gasteiger partial charge in [0.05, 0.1) is 6.20 Å². The zero-order valence-corrected chi connectivity index (χ0v) is 12.4. The number of rotatable bonds is 3. The molecule has 0 aliphatic heterocycles. The summed E-state index contributed by atoms with van der Waals surface area (Å²) in [6.07, 6.45) is 1.49. The monoisotopic (exact) mass is 291 g/mol. The highest BCUT2D eigenvalue weighted by Crippen LogP contribution is 2.20. The number of aromatic hydroxyl groups is 1. The van der Waals surface area contributed by atoms with Crippen molar-refractivity contribution >= 4 is 0 Å². The van der Waals surface area contributed by atoms with Crippen LogP contribution in [0, 0.1) is 6.92 Å². The van der Waals surface area contributed by atoms with Gasteiger partial charge in [0.25, 0.3) is 0 Å². The molecule has 3 rings (SSSR count). The molecule has 1 N–H and O–H groups in total. The molecule has 0 bridgehead atoms. The SMILES string of the molecule is Cc1cc(=O)c(O)cn1Cc1ccc(-c2ccccc2)cc1. The van der Waals surface area contributed by atoms with E-state index in [1.165, 1.54) is 23.4 Å². The van der Waals surface area contributed by atoms with Crippen LogP contribution < -0.4 is 5.43 Å². The number of hydrogen-bond acceptors (Lipinski definition) is 2. The lowest BCUT2D eigenvalue weighted by atomic mass is 10.0. The quantitative estimate of drug-likeness (QED) is 0.801. The minimum Gasteiger partial charge on any atom is -0.503 e. The maximum absolute atomic E-state index is 11.4. The van der Waals surface area contributed by atoms with Crippen molar-refractivity contribution in [3.05, 3.63) is 88.3 Å². The minimum atomic E-state index is -0.340. The summed E-state index contributed by atoms with van der Waals surface area (Å²) >= 11 is 0. The van der Waals surface area contributed by atoms with Gasteiger partial charge in [-0.2, -0.15) is 0 Å². The molecule has 3 heteroatoms. The van der Waals surface area contributed by atoms with E-state index in [2.05, 4.69) is 36.4 Å². The fourth-order valence-electron chi connectivity index (χ4n) is 2.46. The van der Waals surface area contributed by atoms with Gasteiger partial charge in [-0.1, -0.05) is 54.6 Å². The van der Waals surface area contributed by atoms with E-state index in [4.69, 9.17) is 0 Å². The number of benzene rings is 2. The number of hydrogen-bond donors (Lipinski definition) is 1. The Morgan fingerprint density at radius 2 is 1.59 bits per heavy atom. The average molecular weight is 291 g/mol. The van der Waals surface area contributed by atoms with E-state index in [-0.39, 0.29) is 11.2 Å². The molecule has 3 nitrogen and oxygen atoms in total. The van der Waals surface area contributed by atoms with Crippen molar-refractivity contribution in [2.75, 3.05) is 0 Å². The Hall–Kier alpha value is -2.81. The second-order valence-corrected chi connectivity index (χ2v) is 5.36. The number of pyridine rings is 1. The highest BCUT2D eigenvalue weighted by molar-refractivity contribution is 5.63. The van der Waals surface area contributed by atoms with Crippen LogP contribution in [0.5, 0.6) is 5.75 Å². The van der Waals surface area contributed by atoms with E-state index < -0.39 is 0 Å². The van der Waals surface area contributed by atoms with Crippen LogP contribution in [0.25, 0.3) is 11.1 Å². The van der Waals surface area contributed by atoms with Crippen LogP contribution in [0.15, 0.2) is 71.7 Å². The maximum Gasteiger partial charge on any atom is 0.223 e. The second-order valence-electron chi connectivity index (χ2n) is 5.36. The van der Waals surface area contributed by atoms with Crippen molar-refractivity contribution in [2.24, 2.45) is 0 Å². The largest absolute Gasteiger partial charge is 0.503 e. The molecule has 0 saturated heterocycles. The van der Waals surface area contributed by atoms with E-state index in [0.717, 1.165) is 11.3 Å². The first-order valence-electron chi connectivity index (χ1n) is 7.18. The molecule has 3 aromatic rings. The molecule has 0 fully saturated rings. The van der Waals surface area contributed by atoms with Gasteiger partial charge in [0.15, 0.2) is 5.75 Å². The fraction of sp³-hybridized carbons (Fsp3) is 0.105. The summed E-state index contributed by atoms with van der Waals surface area (Å²) < 4.78 is 1.87. The molecule has 2 aromatic carbocycles. The zero-order chi connectivity index (χ0) is 15.5. The summed E-state index contributed by atoms with van der Waals surface area (Å²) in [5, 5.41) is 9.56. The third-order valence-electron chi connectivity index (χ3n) is 3.74. The average Bonchev–Trinajstić information content (AvgIpc) is 2.54. The van der Waals surface area contributed by atoms with Crippen molar-refractivity contribution in [1.29, 1.82) is 0 Å². The molecule has 0 atom stereocenters. The van der Waals surface area contributed by atoms with Gasteiger partial charge in [-0.25, -0.2) is 0 Å². The Morgan fingerprint density at radius 3 is 2.27 bits per heavy atom. The van der Waals surface area contributed by atoms with E-state index in [1.807, 2.05) is 29.7 Å². The van der Waals surface area contributed by atoms with Gasteiger partial charge in [0.1, 0.15) is 0 Å². The summed E-state index contributed by atoms with van der Waals surface area (Å²) in [4.78, 5) is 11.4. The fourth-order valence-corrected chi connectivity index (χ4v) is 2.46. The molecule has 1 heterocycles. The Morgan fingerprint density at radius 1 is 0.955 bits per heavy atom. The summed E-state index contributed by atoms with van der Waals surface area (Å²) in [6.45, 7) is 2.48. The lowest BCUT2D eigenvalue weighted by Crippen LogP contribution is -2.10. The van der Waals surface area contributed by atoms with Crippen LogP contribution in [0.1, 0.15) is 11.3 Å². The van der Waals surface area contributed by atoms with Crippen LogP contribution in [0.3, 0.4) is 0 Å². The lowest BCUT2D eigenvalue weighted by molar-refractivity contribution is 0.461. The van der Waals surface area contributed by atoms with Crippen molar-refractivity contribution in [1.82, 2.24) is 4.57 Å². The summed E-state index contributed by atoms with van der Waals surface area (Å²) in [5.41, 5.74) is 3.96. The van der Waals surface area contributed by atoms with E-state index >= 15 is 0 Å². The van der Waals surface area contributed by atoms with Crippen LogP contribution in [-0.4, -0.2) is 9.67 Å². The Labute approximate surface area is 129 Å². The molecule has 0 unspecified atom stereocenters. The zero-order valence-electron chi connectivity index (χ0n) is 12.4. The first-order chi connectivity index (χ1) is 10.6. The molecule has 22 heavy (non-hydrogen) atoms. The van der Waals surface area contributed by atoms with Crippen molar-refractivity contribution in [3.8, 4) is 16.9 Å². The van der Waals surface area contributed by atoms with E-state index in [1.54, 1.807) is 0 Å². The number of nitrogens with zero attached hydrogens (tertiary/aromatic N) is 1. The molecule has 0 saturated carbocycles. The molecule has 0 aliphatic rings. The Bertz CT molecular complexity index is 834. The van der Waals surface area contributed by atoms with Gasteiger partial charge >= 0.3 is 0 Å². The highest BCUT2D eigenvalue weighted by atomic mass is 16.3. The predicted molar refractivity (Wildman–Crippen MR) is 88.1 cm³/mol. The molecule has 110 valence electrons. The van der Waals surface area contributed by atoms with Crippen molar-refractivity contribution in [3.63, 3.8) is 0 Å². The molecule has 0 radical (unpaired) electrons. The standard InChI is InChI=1S/C19H17NO2/c1-14-11-18(21)19(22)13-20(14)12-15-7-9-17(10-8-15)16-5-3-2-4-6-16/h2-11,13,22H,12H2,1H3. The molecule has 0 aliphatic carbocycles. The van der Waals surface area contributed by atoms with Crippen LogP contribution in [-0.2, 0) is 6.54 Å². The first kappa shape index (κ1) is 14.1. The third kappa shape index (κ3) is 2.93. The van der Waals surface area contributed by atoms with Gasteiger partial charge in [-0.15, -0.1) is 0 Å². The summed E-state index contributed by atoms with van der Waals surface area (Å²) in [5.74, 6) is -0.216. The van der Waals surface area contributed by atoms with Gasteiger partial charge in [0.2, 0.25) is 5.43 Å². The summed E-state index contributed by atoms with van der Waals surface area (Å²) in [6, 6.07) is 20.0. The number of aromatic nitrogens is 1. The van der Waals surface area contributed by atoms with Crippen LogP contribution >= 0.6 is 0 Å². The Kier molecular flexibility index (Phi) is 3.79. The topological polar surface area (TPSA) is 42.2 Å². The summed E-state index contributed by atoms with van der Waals surface area (Å²) in [7, 11) is 0. The van der Waals surface area contributed by atoms with Crippen LogP contribution in [0.2, 0.25) is 0 Å². The normalized spacial score (nSPS) is 10.6. The van der Waals surface area contributed by atoms with Crippen molar-refractivity contribution in [2.45, 2.75) is 13.5 Å². The minimum absolute atomic E-state index is 0.216. The molecular formula is C19H17NO2. The molecule has 1 aromatic heterocycles. The van der Waals surface area contributed by atoms with Crippen LogP contribution in [0.4, 0.5) is 0 Å². The maximum atomic E-state index is 11.4. The number of aryl methyl sites for hydroxylation is 1. The van der Waals surface area contributed by atoms with Gasteiger partial charge in [-0.05, 0) is 23.6 Å². The van der Waals surface area contributed by atoms with E-state index in [0.29, 0.717) is 6.54 Å². The molecule has 0 spiro atoms. The van der Waals surface area contributed by atoms with Gasteiger partial charge < -0.3 is 9.67 Å². The lowest BCUT2D eigenvalue weighted by Gasteiger charge is -2.11. The molecule has 0 amide bonds. The third-order valence-corrected chi connectivity index (χ3v) is 3.74. The predicted octanol–water partition coefficient (Wildman–Crippen LogP) is 3.58. The van der Waals surface area contributed by atoms with E-state index in [9.17, 15) is 9.90 Å². The van der Waals surface area contributed by atoms with Gasteiger partial charge in [-0.3, -0.25) is 4.79 Å². The highest BCUT2D eigenvalue weighted by Gasteiger charge is 2.03. The van der Waals surface area contributed by atoms with Gasteiger partial charge in [0, 0.05) is 18.3 Å². The second kappa shape index (κ2) is 5.90. The molecular weight excluding hydrogens is 274 g/mol. The Balaban J connectivity index is 1.85.